The number of phenols is 1. The number of hydrogen-bond acceptors (Lipinski definition) is 4. The Morgan fingerprint density at radius 2 is 2.21 bits per heavy atom. The fraction of sp³-hybridized carbons (Fsp3) is 0. The van der Waals surface area contributed by atoms with Gasteiger partial charge < -0.3 is 9.84 Å². The lowest BCUT2D eigenvalue weighted by atomic mass is 10.2. The van der Waals surface area contributed by atoms with E-state index in [0.717, 1.165) is 6.08 Å². The molecule has 0 aromatic heterocycles. The maximum Gasteiger partial charge on any atom is 0.335 e. The molecule has 14 heavy (non-hydrogen) atoms. The Balaban J connectivity index is 2.91. The first kappa shape index (κ1) is 9.98. The molecule has 0 aliphatic rings. The second kappa shape index (κ2) is 4.23. The second-order valence-electron chi connectivity index (χ2n) is 2.46. The number of aldehydes is 1. The van der Waals surface area contributed by atoms with E-state index in [1.165, 1.54) is 18.2 Å². The van der Waals surface area contributed by atoms with Crippen LogP contribution in [0.25, 0.3) is 0 Å². The van der Waals surface area contributed by atoms with Crippen molar-refractivity contribution < 1.29 is 19.4 Å². The van der Waals surface area contributed by atoms with Crippen LogP contribution in [0.3, 0.4) is 0 Å². The summed E-state index contributed by atoms with van der Waals surface area (Å²) in [5, 5.41) is 9.23. The maximum absolute atomic E-state index is 10.8. The van der Waals surface area contributed by atoms with Crippen LogP contribution in [-0.4, -0.2) is 17.4 Å². The molecular formula is C10H8O4. The standard InChI is InChI=1S/C10H8O4/c1-2-10(13)14-8-4-3-7(6-11)9(12)5-8/h2-6,12H,1H2. The van der Waals surface area contributed by atoms with Crippen LogP contribution in [0, 0.1) is 0 Å². The van der Waals surface area contributed by atoms with Crippen molar-refractivity contribution in [2.45, 2.75) is 0 Å². The number of carbonyl (C=O) groups excluding carboxylic acids is 2. The number of esters is 1. The van der Waals surface area contributed by atoms with Crippen LogP contribution in [0.4, 0.5) is 0 Å². The van der Waals surface area contributed by atoms with E-state index in [4.69, 9.17) is 4.74 Å². The topological polar surface area (TPSA) is 63.6 Å². The number of phenolic OH excluding ortho intramolecular Hbond substituents is 1. The van der Waals surface area contributed by atoms with E-state index in [2.05, 4.69) is 6.58 Å². The molecule has 0 amide bonds. The minimum Gasteiger partial charge on any atom is -0.507 e. The quantitative estimate of drug-likeness (QED) is 0.339. The third-order valence-corrected chi connectivity index (χ3v) is 1.51. The van der Waals surface area contributed by atoms with Crippen LogP contribution >= 0.6 is 0 Å². The van der Waals surface area contributed by atoms with Gasteiger partial charge in [-0.05, 0) is 12.1 Å². The first-order valence-corrected chi connectivity index (χ1v) is 3.80. The lowest BCUT2D eigenvalue weighted by Gasteiger charge is -2.02. The SMILES string of the molecule is C=CC(=O)Oc1ccc(C=O)c(O)c1. The number of ether oxygens (including phenoxy) is 1. The van der Waals surface area contributed by atoms with Crippen molar-refractivity contribution in [2.75, 3.05) is 0 Å². The van der Waals surface area contributed by atoms with E-state index in [1.54, 1.807) is 0 Å². The van der Waals surface area contributed by atoms with Crippen molar-refractivity contribution in [3.8, 4) is 11.5 Å². The summed E-state index contributed by atoms with van der Waals surface area (Å²) in [5.74, 6) is -0.685. The second-order valence-corrected chi connectivity index (χ2v) is 2.46. The summed E-state index contributed by atoms with van der Waals surface area (Å²) in [6.45, 7) is 3.22. The zero-order valence-corrected chi connectivity index (χ0v) is 7.27. The van der Waals surface area contributed by atoms with Gasteiger partial charge in [-0.2, -0.15) is 0 Å². The largest absolute Gasteiger partial charge is 0.507 e. The van der Waals surface area contributed by atoms with Gasteiger partial charge in [0.1, 0.15) is 11.5 Å². The van der Waals surface area contributed by atoms with Crippen LogP contribution in [-0.2, 0) is 4.79 Å². The minimum atomic E-state index is -0.622. The predicted molar refractivity (Wildman–Crippen MR) is 49.3 cm³/mol. The summed E-state index contributed by atoms with van der Waals surface area (Å²) in [6, 6.07) is 3.95. The van der Waals surface area contributed by atoms with Gasteiger partial charge in [-0.1, -0.05) is 6.58 Å². The lowest BCUT2D eigenvalue weighted by Crippen LogP contribution is -2.02. The monoisotopic (exact) mass is 192 g/mol. The molecule has 1 N–H and O–H groups in total. The summed E-state index contributed by atoms with van der Waals surface area (Å²) in [7, 11) is 0. The summed E-state index contributed by atoms with van der Waals surface area (Å²) in [5.41, 5.74) is 0.142. The van der Waals surface area contributed by atoms with Crippen LogP contribution < -0.4 is 4.74 Å². The molecule has 1 aromatic carbocycles. The number of aromatic hydroxyl groups is 1. The van der Waals surface area contributed by atoms with Crippen LogP contribution in [0.1, 0.15) is 10.4 Å². The molecule has 4 nitrogen and oxygen atoms in total. The number of benzene rings is 1. The molecule has 0 spiro atoms. The molecule has 72 valence electrons. The lowest BCUT2D eigenvalue weighted by molar-refractivity contribution is -0.128. The van der Waals surface area contributed by atoms with Gasteiger partial charge in [0.25, 0.3) is 0 Å². The average molecular weight is 192 g/mol. The molecule has 0 atom stereocenters. The van der Waals surface area contributed by atoms with Crippen LogP contribution in [0.15, 0.2) is 30.9 Å². The molecule has 0 radical (unpaired) electrons. The third-order valence-electron chi connectivity index (χ3n) is 1.51. The highest BCUT2D eigenvalue weighted by atomic mass is 16.5. The van der Waals surface area contributed by atoms with Gasteiger partial charge in [0.15, 0.2) is 6.29 Å². The number of hydrogen-bond donors (Lipinski definition) is 1. The Morgan fingerprint density at radius 1 is 1.50 bits per heavy atom. The summed E-state index contributed by atoms with van der Waals surface area (Å²) < 4.78 is 4.71. The average Bonchev–Trinajstić information content (AvgIpc) is 2.18. The normalized spacial score (nSPS) is 9.14. The van der Waals surface area contributed by atoms with E-state index in [1.807, 2.05) is 0 Å². The van der Waals surface area contributed by atoms with Gasteiger partial charge >= 0.3 is 5.97 Å². The fourth-order valence-corrected chi connectivity index (χ4v) is 0.844. The van der Waals surface area contributed by atoms with E-state index in [9.17, 15) is 14.7 Å². The first-order valence-electron chi connectivity index (χ1n) is 3.80. The Kier molecular flexibility index (Phi) is 3.01. The highest BCUT2D eigenvalue weighted by molar-refractivity contribution is 5.84. The molecular weight excluding hydrogens is 184 g/mol. The summed E-state index contributed by atoms with van der Waals surface area (Å²) >= 11 is 0. The fourth-order valence-electron chi connectivity index (χ4n) is 0.844. The predicted octanol–water partition coefficient (Wildman–Crippen LogP) is 1.30. The maximum atomic E-state index is 10.8. The van der Waals surface area contributed by atoms with Crippen LogP contribution in [0.2, 0.25) is 0 Å². The van der Waals surface area contributed by atoms with Gasteiger partial charge in [0.05, 0.1) is 5.56 Å². The Bertz CT molecular complexity index is 382. The molecule has 1 rings (SSSR count). The molecule has 0 bridgehead atoms. The molecule has 0 saturated carbocycles. The van der Waals surface area contributed by atoms with Crippen molar-refractivity contribution in [1.82, 2.24) is 0 Å². The van der Waals surface area contributed by atoms with E-state index < -0.39 is 5.97 Å². The molecule has 0 fully saturated rings. The molecule has 0 unspecified atom stereocenters. The van der Waals surface area contributed by atoms with Gasteiger partial charge in [0, 0.05) is 12.1 Å². The van der Waals surface area contributed by atoms with E-state index in [-0.39, 0.29) is 17.1 Å². The van der Waals surface area contributed by atoms with Crippen molar-refractivity contribution in [2.24, 2.45) is 0 Å². The summed E-state index contributed by atoms with van der Waals surface area (Å²) in [6.07, 6.45) is 1.51. The molecule has 4 heteroatoms. The van der Waals surface area contributed by atoms with Crippen LogP contribution in [0.5, 0.6) is 11.5 Å². The minimum absolute atomic E-state index is 0.142. The van der Waals surface area contributed by atoms with Crippen molar-refractivity contribution in [3.63, 3.8) is 0 Å². The Hall–Kier alpha value is -2.10. The molecule has 0 heterocycles. The Morgan fingerprint density at radius 3 is 2.71 bits per heavy atom. The number of rotatable bonds is 3. The van der Waals surface area contributed by atoms with Gasteiger partial charge in [-0.3, -0.25) is 4.79 Å². The smallest absolute Gasteiger partial charge is 0.335 e. The van der Waals surface area contributed by atoms with Crippen molar-refractivity contribution in [3.05, 3.63) is 36.4 Å². The highest BCUT2D eigenvalue weighted by Crippen LogP contribution is 2.22. The van der Waals surface area contributed by atoms with Gasteiger partial charge in [0.2, 0.25) is 0 Å². The number of carbonyl (C=O) groups is 2. The summed E-state index contributed by atoms with van der Waals surface area (Å²) in [4.78, 5) is 21.1. The first-order chi connectivity index (χ1) is 6.67. The van der Waals surface area contributed by atoms with Gasteiger partial charge in [-0.25, -0.2) is 4.79 Å². The van der Waals surface area contributed by atoms with Gasteiger partial charge in [-0.15, -0.1) is 0 Å². The zero-order chi connectivity index (χ0) is 10.6. The highest BCUT2D eigenvalue weighted by Gasteiger charge is 2.04. The molecule has 0 aliphatic heterocycles. The molecule has 1 aromatic rings. The van der Waals surface area contributed by atoms with Crippen molar-refractivity contribution in [1.29, 1.82) is 0 Å². The third kappa shape index (κ3) is 2.20. The van der Waals surface area contributed by atoms with E-state index >= 15 is 0 Å². The van der Waals surface area contributed by atoms with E-state index in [0.29, 0.717) is 6.29 Å². The molecule has 0 saturated heterocycles. The van der Waals surface area contributed by atoms with Crippen molar-refractivity contribution >= 4 is 12.3 Å². The Labute approximate surface area is 80.4 Å². The molecule has 0 aliphatic carbocycles. The zero-order valence-electron chi connectivity index (χ0n) is 7.27.